The minimum atomic E-state index is -1.87. The van der Waals surface area contributed by atoms with Crippen molar-refractivity contribution in [3.63, 3.8) is 0 Å². The Balaban J connectivity index is 1.72. The average Bonchev–Trinajstić information content (AvgIpc) is 3.18. The molecule has 2 aromatic heterocycles. The van der Waals surface area contributed by atoms with Crippen molar-refractivity contribution in [2.75, 3.05) is 5.32 Å². The number of benzene rings is 2. The van der Waals surface area contributed by atoms with Crippen LogP contribution in [0.2, 0.25) is 0 Å². The highest BCUT2D eigenvalue weighted by Gasteiger charge is 2.25. The van der Waals surface area contributed by atoms with E-state index in [4.69, 9.17) is 4.52 Å². The fourth-order valence-electron chi connectivity index (χ4n) is 2.92. The van der Waals surface area contributed by atoms with E-state index in [1.165, 1.54) is 24.3 Å². The Labute approximate surface area is 165 Å². The molecule has 1 unspecified atom stereocenters. The lowest BCUT2D eigenvalue weighted by Gasteiger charge is -2.09. The Bertz CT molecular complexity index is 1110. The van der Waals surface area contributed by atoms with Crippen LogP contribution in [0, 0.1) is 5.82 Å². The number of anilines is 1. The van der Waals surface area contributed by atoms with Gasteiger partial charge in [0.1, 0.15) is 11.5 Å². The molecule has 7 heteroatoms. The number of carbonyl (C=O) groups excluding carboxylic acids is 1. The number of nitrogens with zero attached hydrogens (tertiary/aromatic N) is 2. The van der Waals surface area contributed by atoms with Crippen LogP contribution in [-0.4, -0.2) is 16.0 Å². The zero-order chi connectivity index (χ0) is 20.2. The molecule has 1 N–H and O–H groups in total. The standard InChI is InChI=1S/C22H15F2N3O2/c23-17-8-6-16(7-9-17)20-18(14-10-12-25-13-11-14)22(29-27-20)26-21(28)19(24)15-4-2-1-3-5-15/h1-13,19H,(H,26,28). The van der Waals surface area contributed by atoms with Crippen LogP contribution in [0.1, 0.15) is 11.7 Å². The summed E-state index contributed by atoms with van der Waals surface area (Å²) in [6.07, 6.45) is 1.27. The zero-order valence-corrected chi connectivity index (χ0v) is 15.0. The number of rotatable bonds is 5. The predicted molar refractivity (Wildman–Crippen MR) is 104 cm³/mol. The monoisotopic (exact) mass is 391 g/mol. The molecule has 0 bridgehead atoms. The van der Waals surface area contributed by atoms with E-state index in [1.54, 1.807) is 54.9 Å². The van der Waals surface area contributed by atoms with Crippen LogP contribution < -0.4 is 5.32 Å². The van der Waals surface area contributed by atoms with Gasteiger partial charge >= 0.3 is 0 Å². The van der Waals surface area contributed by atoms with E-state index in [9.17, 15) is 13.6 Å². The SMILES string of the molecule is O=C(Nc1onc(-c2ccc(F)cc2)c1-c1ccncc1)C(F)c1ccccc1. The molecule has 0 aliphatic heterocycles. The molecule has 4 rings (SSSR count). The molecule has 0 radical (unpaired) electrons. The van der Waals surface area contributed by atoms with Crippen LogP contribution in [0.5, 0.6) is 0 Å². The van der Waals surface area contributed by atoms with Gasteiger partial charge < -0.3 is 4.52 Å². The van der Waals surface area contributed by atoms with Gasteiger partial charge in [-0.3, -0.25) is 15.1 Å². The molecule has 0 saturated carbocycles. The van der Waals surface area contributed by atoms with E-state index in [1.807, 2.05) is 0 Å². The summed E-state index contributed by atoms with van der Waals surface area (Å²) in [7, 11) is 0. The van der Waals surface area contributed by atoms with Crippen LogP contribution in [0.4, 0.5) is 14.7 Å². The van der Waals surface area contributed by atoms with Gasteiger partial charge in [-0.1, -0.05) is 35.5 Å². The Kier molecular flexibility index (Phi) is 5.11. The average molecular weight is 391 g/mol. The second-order valence-corrected chi connectivity index (χ2v) is 6.24. The van der Waals surface area contributed by atoms with Crippen LogP contribution in [0.3, 0.4) is 0 Å². The molecule has 0 spiro atoms. The quantitative estimate of drug-likeness (QED) is 0.508. The van der Waals surface area contributed by atoms with E-state index in [-0.39, 0.29) is 17.3 Å². The molecular weight excluding hydrogens is 376 g/mol. The van der Waals surface area contributed by atoms with Gasteiger partial charge in [0.05, 0.1) is 5.56 Å². The summed E-state index contributed by atoms with van der Waals surface area (Å²) in [6.45, 7) is 0. The van der Waals surface area contributed by atoms with Crippen molar-refractivity contribution in [1.82, 2.24) is 10.1 Å². The molecule has 0 aliphatic rings. The zero-order valence-electron chi connectivity index (χ0n) is 15.0. The summed E-state index contributed by atoms with van der Waals surface area (Å²) in [5, 5.41) is 6.49. The molecule has 1 atom stereocenters. The molecule has 5 nitrogen and oxygen atoms in total. The van der Waals surface area contributed by atoms with Crippen LogP contribution in [-0.2, 0) is 4.79 Å². The van der Waals surface area contributed by atoms with E-state index in [0.29, 0.717) is 22.4 Å². The molecular formula is C22H15F2N3O2. The van der Waals surface area contributed by atoms with Crippen LogP contribution >= 0.6 is 0 Å². The van der Waals surface area contributed by atoms with Crippen LogP contribution in [0.15, 0.2) is 83.6 Å². The third kappa shape index (κ3) is 3.89. The van der Waals surface area contributed by atoms with Gasteiger partial charge in [-0.15, -0.1) is 0 Å². The van der Waals surface area contributed by atoms with Gasteiger partial charge in [0.15, 0.2) is 0 Å². The Morgan fingerprint density at radius 1 is 0.931 bits per heavy atom. The fraction of sp³-hybridized carbons (Fsp3) is 0.0455. The summed E-state index contributed by atoms with van der Waals surface area (Å²) >= 11 is 0. The highest BCUT2D eigenvalue weighted by atomic mass is 19.1. The number of amides is 1. The first-order valence-electron chi connectivity index (χ1n) is 8.79. The maximum atomic E-state index is 14.6. The Morgan fingerprint density at radius 2 is 1.62 bits per heavy atom. The van der Waals surface area contributed by atoms with Crippen molar-refractivity contribution < 1.29 is 18.1 Å². The highest BCUT2D eigenvalue weighted by Crippen LogP contribution is 2.38. The van der Waals surface area contributed by atoms with Gasteiger partial charge in [-0.05, 0) is 47.5 Å². The number of halogens is 2. The molecule has 0 fully saturated rings. The third-order valence-electron chi connectivity index (χ3n) is 4.34. The van der Waals surface area contributed by atoms with Gasteiger partial charge in [0.25, 0.3) is 5.91 Å². The lowest BCUT2D eigenvalue weighted by atomic mass is 10.0. The van der Waals surface area contributed by atoms with Crippen molar-refractivity contribution in [3.8, 4) is 22.4 Å². The van der Waals surface area contributed by atoms with Gasteiger partial charge in [-0.25, -0.2) is 8.78 Å². The van der Waals surface area contributed by atoms with Crippen molar-refractivity contribution >= 4 is 11.8 Å². The van der Waals surface area contributed by atoms with Gasteiger partial charge in [-0.2, -0.15) is 0 Å². The summed E-state index contributed by atoms with van der Waals surface area (Å²) in [5.41, 5.74) is 2.32. The number of carbonyl (C=O) groups is 1. The van der Waals surface area contributed by atoms with Crippen molar-refractivity contribution in [2.45, 2.75) is 6.17 Å². The van der Waals surface area contributed by atoms with E-state index in [0.717, 1.165) is 0 Å². The maximum absolute atomic E-state index is 14.6. The minimum Gasteiger partial charge on any atom is -0.337 e. The molecule has 4 aromatic rings. The number of nitrogens with one attached hydrogen (secondary N) is 1. The van der Waals surface area contributed by atoms with Gasteiger partial charge in [0, 0.05) is 18.0 Å². The topological polar surface area (TPSA) is 68.0 Å². The van der Waals surface area contributed by atoms with Crippen molar-refractivity contribution in [2.24, 2.45) is 0 Å². The number of aromatic nitrogens is 2. The van der Waals surface area contributed by atoms with E-state index >= 15 is 0 Å². The molecule has 2 aromatic carbocycles. The summed E-state index contributed by atoms with van der Waals surface area (Å²) in [4.78, 5) is 16.4. The fourth-order valence-corrected chi connectivity index (χ4v) is 2.92. The second-order valence-electron chi connectivity index (χ2n) is 6.24. The summed E-state index contributed by atoms with van der Waals surface area (Å²) < 4.78 is 33.2. The molecule has 29 heavy (non-hydrogen) atoms. The maximum Gasteiger partial charge on any atom is 0.265 e. The summed E-state index contributed by atoms with van der Waals surface area (Å²) in [5.74, 6) is -1.27. The largest absolute Gasteiger partial charge is 0.337 e. The lowest BCUT2D eigenvalue weighted by molar-refractivity contribution is -0.121. The molecule has 0 aliphatic carbocycles. The number of alkyl halides is 1. The number of pyridine rings is 1. The Morgan fingerprint density at radius 3 is 2.31 bits per heavy atom. The predicted octanol–water partition coefficient (Wildman–Crippen LogP) is 5.19. The van der Waals surface area contributed by atoms with E-state index < -0.39 is 12.1 Å². The van der Waals surface area contributed by atoms with Gasteiger partial charge in [0.2, 0.25) is 12.1 Å². The minimum absolute atomic E-state index is 0.000828. The Hall–Kier alpha value is -3.87. The normalized spacial score (nSPS) is 11.8. The van der Waals surface area contributed by atoms with Crippen molar-refractivity contribution in [1.29, 1.82) is 0 Å². The molecule has 0 saturated heterocycles. The first-order chi connectivity index (χ1) is 14.1. The molecule has 144 valence electrons. The first-order valence-corrected chi connectivity index (χ1v) is 8.79. The smallest absolute Gasteiger partial charge is 0.265 e. The molecule has 2 heterocycles. The lowest BCUT2D eigenvalue weighted by Crippen LogP contribution is -2.18. The number of hydrogen-bond acceptors (Lipinski definition) is 4. The summed E-state index contributed by atoms with van der Waals surface area (Å²) in [6, 6.07) is 17.2. The van der Waals surface area contributed by atoms with Crippen LogP contribution in [0.25, 0.3) is 22.4 Å². The molecule has 1 amide bonds. The second kappa shape index (κ2) is 8.02. The number of hydrogen-bond donors (Lipinski definition) is 1. The first kappa shape index (κ1) is 18.5. The third-order valence-corrected chi connectivity index (χ3v) is 4.34. The van der Waals surface area contributed by atoms with E-state index in [2.05, 4.69) is 15.5 Å². The van der Waals surface area contributed by atoms with Crippen molar-refractivity contribution in [3.05, 3.63) is 90.5 Å². The highest BCUT2D eigenvalue weighted by molar-refractivity contribution is 5.99.